The van der Waals surface area contributed by atoms with Crippen LogP contribution >= 0.6 is 11.3 Å². The fourth-order valence-corrected chi connectivity index (χ4v) is 6.07. The molecule has 4 aromatic rings. The van der Waals surface area contributed by atoms with Crippen molar-refractivity contribution in [1.82, 2.24) is 0 Å². The summed E-state index contributed by atoms with van der Waals surface area (Å²) in [5.41, 5.74) is 9.11. The summed E-state index contributed by atoms with van der Waals surface area (Å²) in [4.78, 5) is 1.33. The number of thiophene rings is 1. The average molecular weight is 448 g/mol. The Bertz CT molecular complexity index is 1430. The van der Waals surface area contributed by atoms with Crippen molar-refractivity contribution in [3.8, 4) is 11.1 Å². The lowest BCUT2D eigenvalue weighted by Gasteiger charge is -2.21. The van der Waals surface area contributed by atoms with Gasteiger partial charge in [0.05, 0.1) is 10.4 Å². The Morgan fingerprint density at radius 2 is 1.52 bits per heavy atom. The van der Waals surface area contributed by atoms with Crippen molar-refractivity contribution in [3.63, 3.8) is 0 Å². The number of rotatable bonds is 5. The molecule has 0 radical (unpaired) electrons. The van der Waals surface area contributed by atoms with Crippen LogP contribution in [0, 0.1) is 6.92 Å². The van der Waals surface area contributed by atoms with Crippen LogP contribution in [0.2, 0.25) is 0 Å². The summed E-state index contributed by atoms with van der Waals surface area (Å²) in [5.74, 6) is 0. The van der Waals surface area contributed by atoms with E-state index in [-0.39, 0.29) is 5.41 Å². The lowest BCUT2D eigenvalue weighted by molar-refractivity contribution is 0.660. The monoisotopic (exact) mass is 447 g/mol. The maximum atomic E-state index is 3.81. The summed E-state index contributed by atoms with van der Waals surface area (Å²) in [6, 6.07) is 22.1. The smallest absolute Gasteiger partial charge is 0.0586 e. The fourth-order valence-electron chi connectivity index (χ4n) is 4.96. The van der Waals surface area contributed by atoms with Gasteiger partial charge in [-0.1, -0.05) is 98.8 Å². The minimum absolute atomic E-state index is 0.00753. The van der Waals surface area contributed by atoms with Gasteiger partial charge >= 0.3 is 0 Å². The van der Waals surface area contributed by atoms with Crippen molar-refractivity contribution in [2.45, 2.75) is 33.1 Å². The number of benzene rings is 3. The molecule has 0 atom stereocenters. The molecule has 1 heterocycles. The third kappa shape index (κ3) is 3.65. The largest absolute Gasteiger partial charge is 0.354 e. The molecule has 2 heteroatoms. The molecule has 1 aliphatic rings. The third-order valence-corrected chi connectivity index (χ3v) is 7.78. The highest BCUT2D eigenvalue weighted by atomic mass is 32.1. The molecule has 33 heavy (non-hydrogen) atoms. The van der Waals surface area contributed by atoms with Gasteiger partial charge in [0.25, 0.3) is 0 Å². The summed E-state index contributed by atoms with van der Waals surface area (Å²) in [5, 5.41) is 5.11. The third-order valence-electron chi connectivity index (χ3n) is 6.61. The van der Waals surface area contributed by atoms with Crippen LogP contribution in [-0.4, -0.2) is 0 Å². The number of aryl methyl sites for hydroxylation is 1. The second kappa shape index (κ2) is 8.53. The average Bonchev–Trinajstić information content (AvgIpc) is 3.26. The van der Waals surface area contributed by atoms with E-state index in [1.807, 2.05) is 30.4 Å². The van der Waals surface area contributed by atoms with Crippen LogP contribution in [0.3, 0.4) is 0 Å². The molecule has 164 valence electrons. The molecule has 0 fully saturated rings. The van der Waals surface area contributed by atoms with Crippen molar-refractivity contribution >= 4 is 38.9 Å². The van der Waals surface area contributed by atoms with E-state index >= 15 is 0 Å². The second-order valence-corrected chi connectivity index (χ2v) is 10.3. The van der Waals surface area contributed by atoms with Gasteiger partial charge in [0, 0.05) is 26.9 Å². The first kappa shape index (κ1) is 21.5. The molecule has 0 spiro atoms. The fraction of sp³-hybridized carbons (Fsp3) is 0.161. The van der Waals surface area contributed by atoms with Gasteiger partial charge in [-0.05, 0) is 48.2 Å². The normalized spacial score (nSPS) is 14.5. The molecule has 1 aliphatic carbocycles. The van der Waals surface area contributed by atoms with E-state index in [0.717, 1.165) is 0 Å². The standard InChI is InChI=1S/C31H29NS/c1-5-6-7-8-9-14-22-21(2)33-30-23(22)16-12-20-28(30)32-27-19-13-18-26-29(27)24-15-10-11-17-25(24)31(26,3)4/h5-20,32H,1-4H3/b6-5-,8-7-,14-9-. The van der Waals surface area contributed by atoms with Gasteiger partial charge < -0.3 is 5.32 Å². The zero-order valence-electron chi connectivity index (χ0n) is 19.6. The molecule has 0 bridgehead atoms. The van der Waals surface area contributed by atoms with Crippen molar-refractivity contribution in [2.75, 3.05) is 5.32 Å². The van der Waals surface area contributed by atoms with Crippen LogP contribution in [0.5, 0.6) is 0 Å². The lowest BCUT2D eigenvalue weighted by atomic mass is 9.82. The number of hydrogen-bond acceptors (Lipinski definition) is 2. The Kier molecular flexibility index (Phi) is 5.55. The van der Waals surface area contributed by atoms with E-state index in [2.05, 4.69) is 111 Å². The molecular weight excluding hydrogens is 418 g/mol. The maximum absolute atomic E-state index is 3.81. The van der Waals surface area contributed by atoms with Gasteiger partial charge in [0.1, 0.15) is 0 Å². The number of nitrogens with one attached hydrogen (secondary N) is 1. The number of anilines is 2. The Hall–Kier alpha value is -3.36. The first-order valence-electron chi connectivity index (χ1n) is 11.5. The van der Waals surface area contributed by atoms with Gasteiger partial charge in [0.15, 0.2) is 0 Å². The molecule has 1 N–H and O–H groups in total. The van der Waals surface area contributed by atoms with Gasteiger partial charge in [-0.15, -0.1) is 11.3 Å². The second-order valence-electron chi connectivity index (χ2n) is 9.05. The molecule has 1 aromatic heterocycles. The quantitative estimate of drug-likeness (QED) is 0.300. The summed E-state index contributed by atoms with van der Waals surface area (Å²) < 4.78 is 1.30. The minimum atomic E-state index is 0.00753. The van der Waals surface area contributed by atoms with Gasteiger partial charge in [-0.3, -0.25) is 0 Å². The summed E-state index contributed by atoms with van der Waals surface area (Å²) in [6.45, 7) is 8.89. The highest BCUT2D eigenvalue weighted by molar-refractivity contribution is 7.20. The minimum Gasteiger partial charge on any atom is -0.354 e. The van der Waals surface area contributed by atoms with E-state index in [1.165, 1.54) is 54.2 Å². The van der Waals surface area contributed by atoms with Crippen LogP contribution in [0.4, 0.5) is 11.4 Å². The van der Waals surface area contributed by atoms with Crippen LogP contribution < -0.4 is 5.32 Å². The van der Waals surface area contributed by atoms with Gasteiger partial charge in [-0.25, -0.2) is 0 Å². The number of allylic oxidation sites excluding steroid dienone is 5. The highest BCUT2D eigenvalue weighted by Crippen LogP contribution is 2.52. The van der Waals surface area contributed by atoms with E-state index < -0.39 is 0 Å². The first-order chi connectivity index (χ1) is 16.0. The lowest BCUT2D eigenvalue weighted by Crippen LogP contribution is -2.14. The molecule has 0 amide bonds. The van der Waals surface area contributed by atoms with E-state index in [9.17, 15) is 0 Å². The SMILES string of the molecule is C\C=C/C=C\C=C/c1c(C)sc2c(Nc3cccc4c3-c3ccccc3C4(C)C)cccc12. The molecule has 0 aliphatic heterocycles. The Morgan fingerprint density at radius 3 is 2.36 bits per heavy atom. The van der Waals surface area contributed by atoms with E-state index in [4.69, 9.17) is 0 Å². The zero-order valence-corrected chi connectivity index (χ0v) is 20.5. The Labute approximate surface area is 200 Å². The van der Waals surface area contributed by atoms with Crippen LogP contribution in [-0.2, 0) is 5.41 Å². The van der Waals surface area contributed by atoms with Crippen LogP contribution in [0.1, 0.15) is 42.3 Å². The summed E-state index contributed by atoms with van der Waals surface area (Å²) >= 11 is 1.86. The number of hydrogen-bond donors (Lipinski definition) is 1. The molecular formula is C31H29NS. The predicted molar refractivity (Wildman–Crippen MR) is 147 cm³/mol. The van der Waals surface area contributed by atoms with Crippen molar-refractivity contribution in [2.24, 2.45) is 0 Å². The van der Waals surface area contributed by atoms with Crippen LogP contribution in [0.15, 0.2) is 91.0 Å². The maximum Gasteiger partial charge on any atom is 0.0586 e. The Morgan fingerprint density at radius 1 is 0.788 bits per heavy atom. The van der Waals surface area contributed by atoms with Gasteiger partial charge in [-0.2, -0.15) is 0 Å². The molecule has 0 saturated carbocycles. The molecule has 5 rings (SSSR count). The number of fused-ring (bicyclic) bond motifs is 4. The van der Waals surface area contributed by atoms with Crippen molar-refractivity contribution in [1.29, 1.82) is 0 Å². The van der Waals surface area contributed by atoms with E-state index in [0.29, 0.717) is 0 Å². The van der Waals surface area contributed by atoms with Crippen molar-refractivity contribution < 1.29 is 0 Å². The Balaban J connectivity index is 1.58. The molecule has 0 unspecified atom stereocenters. The first-order valence-corrected chi connectivity index (χ1v) is 12.3. The van der Waals surface area contributed by atoms with Gasteiger partial charge in [0.2, 0.25) is 0 Å². The topological polar surface area (TPSA) is 12.0 Å². The summed E-state index contributed by atoms with van der Waals surface area (Å²) in [7, 11) is 0. The van der Waals surface area contributed by atoms with Crippen LogP contribution in [0.25, 0.3) is 27.3 Å². The van der Waals surface area contributed by atoms with E-state index in [1.54, 1.807) is 0 Å². The highest BCUT2D eigenvalue weighted by Gasteiger charge is 2.36. The van der Waals surface area contributed by atoms with Crippen molar-refractivity contribution in [3.05, 3.63) is 113 Å². The molecule has 1 nitrogen and oxygen atoms in total. The molecule has 0 saturated heterocycles. The summed E-state index contributed by atoms with van der Waals surface area (Å²) in [6.07, 6.45) is 12.6. The predicted octanol–water partition coefficient (Wildman–Crippen LogP) is 9.41. The molecule has 3 aromatic carbocycles. The zero-order chi connectivity index (χ0) is 23.0.